The van der Waals surface area contributed by atoms with Gasteiger partial charge in [-0.25, -0.2) is 4.79 Å². The molecule has 122 valence electrons. The van der Waals surface area contributed by atoms with Crippen LogP contribution >= 0.6 is 0 Å². The van der Waals surface area contributed by atoms with E-state index in [4.69, 9.17) is 5.11 Å². The van der Waals surface area contributed by atoms with Crippen LogP contribution in [0.3, 0.4) is 0 Å². The zero-order valence-electron chi connectivity index (χ0n) is 13.7. The predicted octanol–water partition coefficient (Wildman–Crippen LogP) is 3.17. The normalized spacial score (nSPS) is 13.1. The molecule has 21 heavy (non-hydrogen) atoms. The molecule has 0 aromatic carbocycles. The second kappa shape index (κ2) is 10.2. The van der Waals surface area contributed by atoms with Crippen molar-refractivity contribution in [3.8, 4) is 0 Å². The molecule has 0 fully saturated rings. The Balaban J connectivity index is 4.01. The highest BCUT2D eigenvalue weighted by Gasteiger charge is 2.24. The molecule has 0 spiro atoms. The van der Waals surface area contributed by atoms with E-state index in [0.717, 1.165) is 12.8 Å². The Morgan fingerprint density at radius 2 is 1.76 bits per heavy atom. The summed E-state index contributed by atoms with van der Waals surface area (Å²) in [5.41, 5.74) is 0.0412. The molecule has 1 atom stereocenters. The highest BCUT2D eigenvalue weighted by molar-refractivity contribution is 5.73. The van der Waals surface area contributed by atoms with Crippen molar-refractivity contribution in [2.45, 2.75) is 53.4 Å². The Hall–Kier alpha value is -1.52. The van der Waals surface area contributed by atoms with E-state index in [-0.39, 0.29) is 23.8 Å². The Morgan fingerprint density at radius 3 is 2.29 bits per heavy atom. The number of nitrogens with one attached hydrogen (secondary N) is 2. The monoisotopic (exact) mass is 298 g/mol. The average molecular weight is 298 g/mol. The number of rotatable bonds is 9. The third-order valence-corrected chi connectivity index (χ3v) is 3.54. The van der Waals surface area contributed by atoms with Gasteiger partial charge in [0.15, 0.2) is 0 Å². The molecule has 0 radical (unpaired) electrons. The number of carbonyl (C=O) groups excluding carboxylic acids is 1. The number of urea groups is 1. The molecule has 5 heteroatoms. The van der Waals surface area contributed by atoms with Gasteiger partial charge in [0.2, 0.25) is 0 Å². The molecule has 0 saturated carbocycles. The highest BCUT2D eigenvalue weighted by atomic mass is 16.4. The van der Waals surface area contributed by atoms with Gasteiger partial charge in [0.25, 0.3) is 0 Å². The molecule has 2 amide bonds. The van der Waals surface area contributed by atoms with E-state index in [1.165, 1.54) is 0 Å². The molecule has 0 bridgehead atoms. The van der Waals surface area contributed by atoms with Crippen LogP contribution in [0.2, 0.25) is 0 Å². The van der Waals surface area contributed by atoms with Crippen LogP contribution in [0.4, 0.5) is 4.79 Å². The van der Waals surface area contributed by atoms with E-state index in [1.807, 2.05) is 19.1 Å². The minimum absolute atomic E-state index is 0.0412. The lowest BCUT2D eigenvalue weighted by atomic mass is 9.76. The standard InChI is InChI=1S/C16H30N2O3/c1-5-6-7-11-17-15(21)18-12-10-13(16(2,3)4)8-9-14(19)20/h5-6,13H,7-12H2,1-4H3,(H,19,20)(H2,17,18,21)/b6-5+. The fraction of sp³-hybridized carbons (Fsp3) is 0.750. The minimum atomic E-state index is -0.765. The van der Waals surface area contributed by atoms with Crippen molar-refractivity contribution in [3.05, 3.63) is 12.2 Å². The van der Waals surface area contributed by atoms with Crippen molar-refractivity contribution in [2.75, 3.05) is 13.1 Å². The van der Waals surface area contributed by atoms with E-state index in [0.29, 0.717) is 19.5 Å². The first kappa shape index (κ1) is 19.5. The SMILES string of the molecule is C/C=C/CCNC(=O)NCCC(CCC(=O)O)C(C)(C)C. The van der Waals surface area contributed by atoms with Gasteiger partial charge in [-0.3, -0.25) is 4.79 Å². The molecular formula is C16H30N2O3. The Bertz CT molecular complexity index is 346. The van der Waals surface area contributed by atoms with Gasteiger partial charge in [0.1, 0.15) is 0 Å². The zero-order chi connectivity index (χ0) is 16.3. The Morgan fingerprint density at radius 1 is 1.14 bits per heavy atom. The number of carbonyl (C=O) groups is 2. The van der Waals surface area contributed by atoms with Crippen molar-refractivity contribution in [1.29, 1.82) is 0 Å². The van der Waals surface area contributed by atoms with Crippen LogP contribution in [-0.4, -0.2) is 30.2 Å². The van der Waals surface area contributed by atoms with Crippen LogP contribution in [0.5, 0.6) is 0 Å². The summed E-state index contributed by atoms with van der Waals surface area (Å²) in [6, 6.07) is -0.162. The first-order valence-corrected chi connectivity index (χ1v) is 7.62. The van der Waals surface area contributed by atoms with Crippen LogP contribution in [0, 0.1) is 11.3 Å². The number of hydrogen-bond acceptors (Lipinski definition) is 2. The average Bonchev–Trinajstić information content (AvgIpc) is 2.37. The number of hydrogen-bond donors (Lipinski definition) is 3. The molecule has 0 rings (SSSR count). The number of carboxylic acids is 1. The van der Waals surface area contributed by atoms with Gasteiger partial charge in [-0.2, -0.15) is 0 Å². The minimum Gasteiger partial charge on any atom is -0.481 e. The molecule has 3 N–H and O–H groups in total. The lowest BCUT2D eigenvalue weighted by Crippen LogP contribution is -2.37. The highest BCUT2D eigenvalue weighted by Crippen LogP contribution is 2.32. The van der Waals surface area contributed by atoms with Gasteiger partial charge < -0.3 is 15.7 Å². The van der Waals surface area contributed by atoms with Crippen LogP contribution in [0.15, 0.2) is 12.2 Å². The topological polar surface area (TPSA) is 78.4 Å². The summed E-state index contributed by atoms with van der Waals surface area (Å²) in [5, 5.41) is 14.4. The van der Waals surface area contributed by atoms with Crippen LogP contribution < -0.4 is 10.6 Å². The molecule has 1 unspecified atom stereocenters. The van der Waals surface area contributed by atoms with Crippen molar-refractivity contribution in [2.24, 2.45) is 11.3 Å². The molecule has 0 aliphatic carbocycles. The fourth-order valence-electron chi connectivity index (χ4n) is 2.17. The molecule has 0 aliphatic rings. The molecule has 0 aliphatic heterocycles. The zero-order valence-corrected chi connectivity index (χ0v) is 13.7. The van der Waals surface area contributed by atoms with E-state index >= 15 is 0 Å². The molecule has 5 nitrogen and oxygen atoms in total. The first-order valence-electron chi connectivity index (χ1n) is 7.62. The van der Waals surface area contributed by atoms with Crippen molar-refractivity contribution >= 4 is 12.0 Å². The summed E-state index contributed by atoms with van der Waals surface area (Å²) in [4.78, 5) is 22.3. The number of allylic oxidation sites excluding steroid dienone is 1. The summed E-state index contributed by atoms with van der Waals surface area (Å²) in [6.07, 6.45) is 6.39. The maximum Gasteiger partial charge on any atom is 0.314 e. The molecule has 0 saturated heterocycles. The second-order valence-electron chi connectivity index (χ2n) is 6.32. The van der Waals surface area contributed by atoms with Gasteiger partial charge >= 0.3 is 12.0 Å². The number of carboxylic acid groups (broad SMARTS) is 1. The Kier molecular flexibility index (Phi) is 9.50. The van der Waals surface area contributed by atoms with Gasteiger partial charge in [-0.05, 0) is 37.5 Å². The summed E-state index contributed by atoms with van der Waals surface area (Å²) in [7, 11) is 0. The van der Waals surface area contributed by atoms with E-state index in [2.05, 4.69) is 31.4 Å². The summed E-state index contributed by atoms with van der Waals surface area (Å²) in [5.74, 6) is -0.490. The van der Waals surface area contributed by atoms with Gasteiger partial charge in [-0.15, -0.1) is 0 Å². The van der Waals surface area contributed by atoms with Gasteiger partial charge in [0.05, 0.1) is 0 Å². The van der Waals surface area contributed by atoms with Crippen molar-refractivity contribution < 1.29 is 14.7 Å². The van der Waals surface area contributed by atoms with Crippen molar-refractivity contribution in [3.63, 3.8) is 0 Å². The first-order chi connectivity index (χ1) is 9.77. The van der Waals surface area contributed by atoms with Crippen LogP contribution in [-0.2, 0) is 4.79 Å². The summed E-state index contributed by atoms with van der Waals surface area (Å²) >= 11 is 0. The number of aliphatic carboxylic acids is 1. The van der Waals surface area contributed by atoms with Crippen molar-refractivity contribution in [1.82, 2.24) is 10.6 Å². The smallest absolute Gasteiger partial charge is 0.314 e. The molecular weight excluding hydrogens is 268 g/mol. The van der Waals surface area contributed by atoms with E-state index in [9.17, 15) is 9.59 Å². The maximum absolute atomic E-state index is 11.6. The quantitative estimate of drug-likeness (QED) is 0.452. The lowest BCUT2D eigenvalue weighted by Gasteiger charge is -2.30. The third kappa shape index (κ3) is 10.9. The third-order valence-electron chi connectivity index (χ3n) is 3.54. The largest absolute Gasteiger partial charge is 0.481 e. The molecule has 0 aromatic rings. The predicted molar refractivity (Wildman–Crippen MR) is 85.3 cm³/mol. The van der Waals surface area contributed by atoms with E-state index < -0.39 is 5.97 Å². The fourth-order valence-corrected chi connectivity index (χ4v) is 2.17. The van der Waals surface area contributed by atoms with Crippen LogP contribution in [0.1, 0.15) is 53.4 Å². The Labute approximate surface area is 128 Å². The number of amides is 2. The lowest BCUT2D eigenvalue weighted by molar-refractivity contribution is -0.137. The summed E-state index contributed by atoms with van der Waals surface area (Å²) < 4.78 is 0. The van der Waals surface area contributed by atoms with E-state index in [1.54, 1.807) is 0 Å². The van der Waals surface area contributed by atoms with Gasteiger partial charge in [-0.1, -0.05) is 32.9 Å². The van der Waals surface area contributed by atoms with Gasteiger partial charge in [0, 0.05) is 19.5 Å². The molecule has 0 heterocycles. The molecule has 0 aromatic heterocycles. The second-order valence-corrected chi connectivity index (χ2v) is 6.32. The maximum atomic E-state index is 11.6. The summed E-state index contributed by atoms with van der Waals surface area (Å²) in [6.45, 7) is 9.46. The van der Waals surface area contributed by atoms with Crippen LogP contribution in [0.25, 0.3) is 0 Å².